The molecular formula is C35H44Cl3N3O7. The molecule has 0 radical (unpaired) electrons. The molecule has 2 aromatic carbocycles. The van der Waals surface area contributed by atoms with E-state index in [1.807, 2.05) is 42.6 Å². The van der Waals surface area contributed by atoms with E-state index in [9.17, 15) is 0 Å². The Kier molecular flexibility index (Phi) is 16.3. The first-order chi connectivity index (χ1) is 22.0. The van der Waals surface area contributed by atoms with Gasteiger partial charge in [-0.2, -0.15) is 0 Å². The summed E-state index contributed by atoms with van der Waals surface area (Å²) in [6.07, 6.45) is 5.79. The Labute approximate surface area is 301 Å². The van der Waals surface area contributed by atoms with Crippen LogP contribution in [0.25, 0.3) is 22.5 Å². The summed E-state index contributed by atoms with van der Waals surface area (Å²) < 4.78 is 39.4. The molecule has 262 valence electrons. The summed E-state index contributed by atoms with van der Waals surface area (Å²) in [4.78, 5) is 11.6. The largest absolute Gasteiger partial charge is 0.493 e. The maximum Gasteiger partial charge on any atom is 0.203 e. The van der Waals surface area contributed by atoms with E-state index >= 15 is 0 Å². The summed E-state index contributed by atoms with van der Waals surface area (Å²) in [7, 11) is 9.64. The molecule has 0 atom stereocenters. The standard InChI is InChI=1S/C35H41N3O7.3ClH/c1-39-30-17-25(18-31(40-2)34(30)43-5)28-15-23(7-11-36-28)21-38-13-9-27(10-14-38)45-22-24-8-12-37-29(16-24)26-19-32(41-3)35(44-6)33(20-26)42-4;;;/h7-8,11-12,15-20,27H,9-10,13-14,21-22H2,1-6H3;3*1H. The van der Waals surface area contributed by atoms with Gasteiger partial charge in [0.2, 0.25) is 11.5 Å². The molecule has 5 rings (SSSR count). The minimum Gasteiger partial charge on any atom is -0.493 e. The Morgan fingerprint density at radius 1 is 0.583 bits per heavy atom. The van der Waals surface area contributed by atoms with Crippen molar-refractivity contribution in [3.05, 3.63) is 72.1 Å². The van der Waals surface area contributed by atoms with E-state index in [0.29, 0.717) is 41.1 Å². The van der Waals surface area contributed by atoms with Gasteiger partial charge in [0.25, 0.3) is 0 Å². The van der Waals surface area contributed by atoms with Gasteiger partial charge in [-0.05, 0) is 72.5 Å². The van der Waals surface area contributed by atoms with E-state index in [4.69, 9.17) is 33.2 Å². The lowest BCUT2D eigenvalue weighted by Crippen LogP contribution is -2.36. The van der Waals surface area contributed by atoms with Crippen molar-refractivity contribution in [1.82, 2.24) is 14.9 Å². The van der Waals surface area contributed by atoms with Gasteiger partial charge < -0.3 is 33.2 Å². The molecule has 0 spiro atoms. The Bertz CT molecular complexity index is 1550. The monoisotopic (exact) mass is 723 g/mol. The quantitative estimate of drug-likeness (QED) is 0.140. The van der Waals surface area contributed by atoms with Crippen LogP contribution >= 0.6 is 37.2 Å². The number of pyridine rings is 2. The van der Waals surface area contributed by atoms with E-state index in [1.165, 1.54) is 5.56 Å². The number of aromatic nitrogens is 2. The Balaban J connectivity index is 0.00000267. The normalized spacial score (nSPS) is 12.9. The van der Waals surface area contributed by atoms with E-state index < -0.39 is 0 Å². The number of hydrogen-bond donors (Lipinski definition) is 0. The van der Waals surface area contributed by atoms with Crippen LogP contribution in [0.2, 0.25) is 0 Å². The van der Waals surface area contributed by atoms with E-state index in [0.717, 1.165) is 60.6 Å². The molecule has 0 bridgehead atoms. The average molecular weight is 725 g/mol. The molecule has 0 N–H and O–H groups in total. The molecule has 0 saturated carbocycles. The number of piperidine rings is 1. The summed E-state index contributed by atoms with van der Waals surface area (Å²) in [6.45, 7) is 3.28. The van der Waals surface area contributed by atoms with Gasteiger partial charge in [-0.3, -0.25) is 14.9 Å². The zero-order valence-corrected chi connectivity index (χ0v) is 30.5. The number of benzene rings is 2. The highest BCUT2D eigenvalue weighted by molar-refractivity contribution is 5.86. The first-order valence-corrected chi connectivity index (χ1v) is 14.8. The van der Waals surface area contributed by atoms with Crippen molar-refractivity contribution in [1.29, 1.82) is 0 Å². The molecule has 1 aliphatic heterocycles. The molecule has 13 heteroatoms. The molecule has 0 aliphatic carbocycles. The maximum atomic E-state index is 6.36. The first kappa shape index (κ1) is 40.5. The second-order valence-electron chi connectivity index (χ2n) is 10.7. The lowest BCUT2D eigenvalue weighted by Gasteiger charge is -2.32. The number of ether oxygens (including phenoxy) is 7. The fraction of sp³-hybridized carbons (Fsp3) is 0.371. The lowest BCUT2D eigenvalue weighted by atomic mass is 10.0. The van der Waals surface area contributed by atoms with Gasteiger partial charge in [0, 0.05) is 43.2 Å². The third-order valence-corrected chi connectivity index (χ3v) is 8.00. The number of likely N-dealkylation sites (tertiary alicyclic amines) is 1. The van der Waals surface area contributed by atoms with Crippen molar-refractivity contribution in [2.45, 2.75) is 32.1 Å². The van der Waals surface area contributed by atoms with Crippen LogP contribution in [0.3, 0.4) is 0 Å². The summed E-state index contributed by atoms with van der Waals surface area (Å²) in [5.74, 6) is 3.50. The van der Waals surface area contributed by atoms with Crippen molar-refractivity contribution >= 4 is 37.2 Å². The average Bonchev–Trinajstić information content (AvgIpc) is 3.10. The number of hydrogen-bond acceptors (Lipinski definition) is 10. The van der Waals surface area contributed by atoms with E-state index in [1.54, 1.807) is 48.9 Å². The van der Waals surface area contributed by atoms with Gasteiger partial charge in [-0.15, -0.1) is 37.2 Å². The first-order valence-electron chi connectivity index (χ1n) is 14.8. The molecule has 3 heterocycles. The molecule has 2 aromatic heterocycles. The number of methoxy groups -OCH3 is 6. The van der Waals surface area contributed by atoms with Gasteiger partial charge in [-0.1, -0.05) is 0 Å². The fourth-order valence-corrected chi connectivity index (χ4v) is 5.62. The van der Waals surface area contributed by atoms with Crippen molar-refractivity contribution < 1.29 is 33.2 Å². The molecular weight excluding hydrogens is 681 g/mol. The Morgan fingerprint density at radius 2 is 1.00 bits per heavy atom. The minimum atomic E-state index is 0. The maximum absolute atomic E-state index is 6.36. The summed E-state index contributed by atoms with van der Waals surface area (Å²) in [5.41, 5.74) is 5.71. The molecule has 1 fully saturated rings. The van der Waals surface area contributed by atoms with Crippen LogP contribution in [0.15, 0.2) is 60.9 Å². The van der Waals surface area contributed by atoms with Gasteiger partial charge in [-0.25, -0.2) is 0 Å². The van der Waals surface area contributed by atoms with Crippen molar-refractivity contribution in [3.63, 3.8) is 0 Å². The highest BCUT2D eigenvalue weighted by Gasteiger charge is 2.21. The van der Waals surface area contributed by atoms with Crippen LogP contribution in [-0.2, 0) is 17.9 Å². The second-order valence-corrected chi connectivity index (χ2v) is 10.7. The van der Waals surface area contributed by atoms with Crippen molar-refractivity contribution in [3.8, 4) is 57.0 Å². The minimum absolute atomic E-state index is 0. The summed E-state index contributed by atoms with van der Waals surface area (Å²) >= 11 is 0. The molecule has 0 amide bonds. The predicted molar refractivity (Wildman–Crippen MR) is 193 cm³/mol. The third-order valence-electron chi connectivity index (χ3n) is 8.00. The van der Waals surface area contributed by atoms with Gasteiger partial charge in [0.1, 0.15) is 0 Å². The number of halogens is 3. The van der Waals surface area contributed by atoms with Gasteiger partial charge in [0.05, 0.1) is 66.8 Å². The highest BCUT2D eigenvalue weighted by Crippen LogP contribution is 2.42. The molecule has 1 aliphatic rings. The second kappa shape index (κ2) is 19.4. The summed E-state index contributed by atoms with van der Waals surface area (Å²) in [6, 6.07) is 15.9. The number of nitrogens with zero attached hydrogens (tertiary/aromatic N) is 3. The van der Waals surface area contributed by atoms with Gasteiger partial charge in [0.15, 0.2) is 23.0 Å². The van der Waals surface area contributed by atoms with E-state index in [-0.39, 0.29) is 43.3 Å². The smallest absolute Gasteiger partial charge is 0.203 e. The predicted octanol–water partition coefficient (Wildman–Crippen LogP) is 7.31. The Hall–Kier alpha value is -3.67. The topological polar surface area (TPSA) is 93.6 Å². The lowest BCUT2D eigenvalue weighted by molar-refractivity contribution is -0.00395. The van der Waals surface area contributed by atoms with Crippen LogP contribution in [0.5, 0.6) is 34.5 Å². The van der Waals surface area contributed by atoms with Gasteiger partial charge >= 0.3 is 0 Å². The molecule has 4 aromatic rings. The van der Waals surface area contributed by atoms with E-state index in [2.05, 4.69) is 27.0 Å². The van der Waals surface area contributed by atoms with Crippen LogP contribution in [-0.4, -0.2) is 76.7 Å². The molecule has 0 unspecified atom stereocenters. The SMILES string of the molecule is COc1cc(-c2cc(COC3CCN(Cc4ccnc(-c5cc(OC)c(OC)c(OC)c5)c4)CC3)ccn2)cc(OC)c1OC.Cl.Cl.Cl. The molecule has 48 heavy (non-hydrogen) atoms. The van der Waals surface area contributed by atoms with Crippen molar-refractivity contribution in [2.24, 2.45) is 0 Å². The van der Waals surface area contributed by atoms with Crippen LogP contribution < -0.4 is 28.4 Å². The van der Waals surface area contributed by atoms with Crippen molar-refractivity contribution in [2.75, 3.05) is 55.7 Å². The van der Waals surface area contributed by atoms with Crippen LogP contribution in [0, 0.1) is 0 Å². The zero-order chi connectivity index (χ0) is 31.8. The fourth-order valence-electron chi connectivity index (χ4n) is 5.62. The zero-order valence-electron chi connectivity index (χ0n) is 28.0. The van der Waals surface area contributed by atoms with Crippen LogP contribution in [0.4, 0.5) is 0 Å². The highest BCUT2D eigenvalue weighted by atomic mass is 35.5. The third kappa shape index (κ3) is 9.48. The summed E-state index contributed by atoms with van der Waals surface area (Å²) in [5, 5.41) is 0. The number of rotatable bonds is 13. The molecule has 10 nitrogen and oxygen atoms in total. The Morgan fingerprint density at radius 3 is 1.42 bits per heavy atom. The molecule has 1 saturated heterocycles. The van der Waals surface area contributed by atoms with Crippen LogP contribution in [0.1, 0.15) is 24.0 Å².